The third kappa shape index (κ3) is 3.45. The van der Waals surface area contributed by atoms with Crippen LogP contribution < -0.4 is 10.3 Å². The minimum absolute atomic E-state index is 0.0628. The van der Waals surface area contributed by atoms with Crippen LogP contribution in [0.15, 0.2) is 59.4 Å². The summed E-state index contributed by atoms with van der Waals surface area (Å²) in [6, 6.07) is 18.2. The second-order valence-electron chi connectivity index (χ2n) is 4.99. The first-order valence-corrected chi connectivity index (χ1v) is 7.52. The summed E-state index contributed by atoms with van der Waals surface area (Å²) in [5, 5.41) is 9.80. The number of rotatable bonds is 4. The average molecular weight is 338 g/mol. The number of H-pyrrole nitrogens is 1. The van der Waals surface area contributed by atoms with Crippen molar-refractivity contribution in [1.82, 2.24) is 9.97 Å². The number of nitriles is 1. The summed E-state index contributed by atoms with van der Waals surface area (Å²) in [6.45, 7) is 0.260. The molecule has 0 saturated carbocycles. The van der Waals surface area contributed by atoms with Crippen LogP contribution in [-0.4, -0.2) is 9.97 Å². The zero-order valence-electron chi connectivity index (χ0n) is 12.5. The lowest BCUT2D eigenvalue weighted by atomic mass is 10.1. The number of benzene rings is 2. The van der Waals surface area contributed by atoms with E-state index in [-0.39, 0.29) is 23.9 Å². The molecule has 0 aliphatic heterocycles. The minimum atomic E-state index is -0.541. The Balaban J connectivity index is 1.96. The van der Waals surface area contributed by atoms with Gasteiger partial charge in [0.05, 0.1) is 5.69 Å². The highest BCUT2D eigenvalue weighted by Gasteiger charge is 2.14. The molecule has 2 aromatic carbocycles. The molecule has 0 unspecified atom stereocenters. The van der Waals surface area contributed by atoms with Gasteiger partial charge in [0.2, 0.25) is 0 Å². The fourth-order valence-corrected chi connectivity index (χ4v) is 2.29. The molecule has 1 aromatic heterocycles. The van der Waals surface area contributed by atoms with E-state index in [0.29, 0.717) is 10.6 Å². The Bertz CT molecular complexity index is 945. The first kappa shape index (κ1) is 15.8. The van der Waals surface area contributed by atoms with Crippen molar-refractivity contribution in [2.45, 2.75) is 6.61 Å². The van der Waals surface area contributed by atoms with Crippen molar-refractivity contribution in [3.05, 3.63) is 81.1 Å². The fraction of sp³-hybridized carbons (Fsp3) is 0.0556. The largest absolute Gasteiger partial charge is 0.460 e. The molecule has 3 aromatic rings. The zero-order valence-corrected chi connectivity index (χ0v) is 13.2. The van der Waals surface area contributed by atoms with Crippen molar-refractivity contribution in [2.24, 2.45) is 0 Å². The van der Waals surface area contributed by atoms with E-state index < -0.39 is 5.56 Å². The van der Waals surface area contributed by atoms with E-state index in [2.05, 4.69) is 9.97 Å². The van der Waals surface area contributed by atoms with Crippen LogP contribution in [0.1, 0.15) is 11.1 Å². The molecule has 0 aliphatic carbocycles. The number of nitrogens with zero attached hydrogens (tertiary/aromatic N) is 2. The molecule has 0 spiro atoms. The summed E-state index contributed by atoms with van der Waals surface area (Å²) < 4.78 is 5.56. The summed E-state index contributed by atoms with van der Waals surface area (Å²) in [6.07, 6.45) is 0. The lowest BCUT2D eigenvalue weighted by Crippen LogP contribution is -2.15. The third-order valence-corrected chi connectivity index (χ3v) is 3.60. The first-order chi connectivity index (χ1) is 11.7. The third-order valence-electron chi connectivity index (χ3n) is 3.35. The van der Waals surface area contributed by atoms with Crippen molar-refractivity contribution in [3.63, 3.8) is 0 Å². The standard InChI is InChI=1S/C18H12ClN3O2/c19-14-8-6-13(7-9-14)16-15(10-20)17(23)22-18(21-16)24-11-12-4-2-1-3-5-12/h1-9H,11H2,(H,21,22,23). The summed E-state index contributed by atoms with van der Waals surface area (Å²) >= 11 is 5.87. The van der Waals surface area contributed by atoms with Gasteiger partial charge in [-0.2, -0.15) is 10.2 Å². The lowest BCUT2D eigenvalue weighted by Gasteiger charge is -2.08. The number of halogens is 1. The van der Waals surface area contributed by atoms with Gasteiger partial charge in [0.1, 0.15) is 18.2 Å². The maximum absolute atomic E-state index is 12.1. The Hall–Kier alpha value is -3.10. The topological polar surface area (TPSA) is 78.8 Å². The van der Waals surface area contributed by atoms with Gasteiger partial charge in [-0.05, 0) is 17.7 Å². The highest BCUT2D eigenvalue weighted by molar-refractivity contribution is 6.30. The van der Waals surface area contributed by atoms with E-state index in [1.807, 2.05) is 36.4 Å². The molecular weight excluding hydrogens is 326 g/mol. The molecule has 118 valence electrons. The van der Waals surface area contributed by atoms with Crippen LogP contribution in [0.25, 0.3) is 11.3 Å². The van der Waals surface area contributed by atoms with Gasteiger partial charge in [-0.1, -0.05) is 54.1 Å². The van der Waals surface area contributed by atoms with Crippen LogP contribution in [0.5, 0.6) is 6.01 Å². The molecule has 0 aliphatic rings. The van der Waals surface area contributed by atoms with Crippen molar-refractivity contribution in [1.29, 1.82) is 5.26 Å². The van der Waals surface area contributed by atoms with Crippen LogP contribution in [0, 0.1) is 11.3 Å². The molecule has 0 fully saturated rings. The van der Waals surface area contributed by atoms with Crippen molar-refractivity contribution in [3.8, 4) is 23.3 Å². The molecule has 0 amide bonds. The number of ether oxygens (including phenoxy) is 1. The number of hydrogen-bond donors (Lipinski definition) is 1. The van der Waals surface area contributed by atoms with Gasteiger partial charge in [-0.3, -0.25) is 9.78 Å². The normalized spacial score (nSPS) is 10.2. The number of aromatic amines is 1. The highest BCUT2D eigenvalue weighted by Crippen LogP contribution is 2.22. The highest BCUT2D eigenvalue weighted by atomic mass is 35.5. The van der Waals surface area contributed by atoms with E-state index >= 15 is 0 Å². The zero-order chi connectivity index (χ0) is 16.9. The van der Waals surface area contributed by atoms with E-state index in [9.17, 15) is 10.1 Å². The Kier molecular flexibility index (Phi) is 4.59. The Labute approximate surface area is 143 Å². The smallest absolute Gasteiger partial charge is 0.297 e. The van der Waals surface area contributed by atoms with Gasteiger partial charge in [0.25, 0.3) is 11.6 Å². The molecule has 0 radical (unpaired) electrons. The first-order valence-electron chi connectivity index (χ1n) is 7.14. The molecule has 6 heteroatoms. The molecule has 5 nitrogen and oxygen atoms in total. The fourth-order valence-electron chi connectivity index (χ4n) is 2.17. The number of hydrogen-bond acceptors (Lipinski definition) is 4. The lowest BCUT2D eigenvalue weighted by molar-refractivity contribution is 0.280. The van der Waals surface area contributed by atoms with Crippen LogP contribution in [-0.2, 0) is 6.61 Å². The summed E-state index contributed by atoms with van der Waals surface area (Å²) in [7, 11) is 0. The van der Waals surface area contributed by atoms with Crippen molar-refractivity contribution >= 4 is 11.6 Å². The molecule has 1 N–H and O–H groups in total. The van der Waals surface area contributed by atoms with Gasteiger partial charge in [0, 0.05) is 10.6 Å². The summed E-state index contributed by atoms with van der Waals surface area (Å²) in [5.74, 6) is 0. The average Bonchev–Trinajstić information content (AvgIpc) is 2.61. The van der Waals surface area contributed by atoms with E-state index in [1.54, 1.807) is 24.3 Å². The van der Waals surface area contributed by atoms with Gasteiger partial charge >= 0.3 is 0 Å². The quantitative estimate of drug-likeness (QED) is 0.789. The summed E-state index contributed by atoms with van der Waals surface area (Å²) in [4.78, 5) is 18.9. The number of nitrogens with one attached hydrogen (secondary N) is 1. The minimum Gasteiger partial charge on any atom is -0.460 e. The summed E-state index contributed by atoms with van der Waals surface area (Å²) in [5.41, 5.74) is 1.22. The van der Waals surface area contributed by atoms with E-state index in [4.69, 9.17) is 16.3 Å². The maximum Gasteiger partial charge on any atom is 0.297 e. The second kappa shape index (κ2) is 6.99. The molecule has 0 bridgehead atoms. The van der Waals surface area contributed by atoms with Gasteiger partial charge < -0.3 is 4.74 Å². The molecule has 3 rings (SSSR count). The van der Waals surface area contributed by atoms with Gasteiger partial charge in [0.15, 0.2) is 0 Å². The predicted molar refractivity (Wildman–Crippen MR) is 90.8 cm³/mol. The van der Waals surface area contributed by atoms with E-state index in [0.717, 1.165) is 5.56 Å². The van der Waals surface area contributed by atoms with Crippen LogP contribution in [0.3, 0.4) is 0 Å². The van der Waals surface area contributed by atoms with Crippen molar-refractivity contribution < 1.29 is 4.74 Å². The SMILES string of the molecule is N#Cc1c(-c2ccc(Cl)cc2)nc(OCc2ccccc2)[nH]c1=O. The molecule has 1 heterocycles. The second-order valence-corrected chi connectivity index (χ2v) is 5.42. The maximum atomic E-state index is 12.1. The van der Waals surface area contributed by atoms with Crippen LogP contribution >= 0.6 is 11.6 Å². The molecule has 0 saturated heterocycles. The molecule has 24 heavy (non-hydrogen) atoms. The van der Waals surface area contributed by atoms with Crippen molar-refractivity contribution in [2.75, 3.05) is 0 Å². The Morgan fingerprint density at radius 3 is 2.50 bits per heavy atom. The van der Waals surface area contributed by atoms with Gasteiger partial charge in [-0.25, -0.2) is 0 Å². The Morgan fingerprint density at radius 1 is 1.12 bits per heavy atom. The monoisotopic (exact) mass is 337 g/mol. The van der Waals surface area contributed by atoms with Crippen LogP contribution in [0.4, 0.5) is 0 Å². The molecule has 0 atom stereocenters. The Morgan fingerprint density at radius 2 is 1.83 bits per heavy atom. The van der Waals surface area contributed by atoms with E-state index in [1.165, 1.54) is 0 Å². The van der Waals surface area contributed by atoms with Crippen LogP contribution in [0.2, 0.25) is 5.02 Å². The number of aromatic nitrogens is 2. The molecular formula is C18H12ClN3O2. The predicted octanol–water partition coefficient (Wildman–Crippen LogP) is 3.54. The van der Waals surface area contributed by atoms with Gasteiger partial charge in [-0.15, -0.1) is 0 Å².